The molecule has 1 saturated heterocycles. The van der Waals surface area contributed by atoms with E-state index in [4.69, 9.17) is 4.74 Å². The highest BCUT2D eigenvalue weighted by atomic mass is 19.4. The van der Waals surface area contributed by atoms with Gasteiger partial charge in [0, 0.05) is 25.2 Å². The molecule has 1 aliphatic rings. The van der Waals surface area contributed by atoms with E-state index in [-0.39, 0.29) is 49.5 Å². The van der Waals surface area contributed by atoms with Crippen LogP contribution < -0.4 is 9.47 Å². The second-order valence-corrected chi connectivity index (χ2v) is 7.90. The van der Waals surface area contributed by atoms with Crippen molar-refractivity contribution >= 4 is 11.8 Å². The minimum atomic E-state index is -4.77. The molecule has 0 spiro atoms. The molecule has 0 radical (unpaired) electrons. The van der Waals surface area contributed by atoms with Crippen LogP contribution in [-0.2, 0) is 16.1 Å². The van der Waals surface area contributed by atoms with Crippen molar-refractivity contribution < 1.29 is 37.0 Å². The van der Waals surface area contributed by atoms with Gasteiger partial charge in [0.05, 0.1) is 12.7 Å². The molecule has 8 nitrogen and oxygen atoms in total. The number of amides is 2. The average molecular weight is 467 g/mol. The summed E-state index contributed by atoms with van der Waals surface area (Å²) >= 11 is 0. The fourth-order valence-electron chi connectivity index (χ4n) is 3.47. The van der Waals surface area contributed by atoms with Crippen molar-refractivity contribution in [2.24, 2.45) is 0 Å². The molecule has 1 aliphatic heterocycles. The lowest BCUT2D eigenvalue weighted by molar-refractivity contribution is -0.605. The topological polar surface area (TPSA) is 86.0 Å². The summed E-state index contributed by atoms with van der Waals surface area (Å²) in [4.78, 5) is 28.6. The summed E-state index contributed by atoms with van der Waals surface area (Å²) in [6.07, 6.45) is -2.93. The molecule has 11 heteroatoms. The number of benzene rings is 1. The molecule has 2 heterocycles. The Balaban J connectivity index is 1.72. The van der Waals surface area contributed by atoms with Crippen LogP contribution in [0.5, 0.6) is 5.75 Å². The van der Waals surface area contributed by atoms with Crippen molar-refractivity contribution in [1.29, 1.82) is 0 Å². The lowest BCUT2D eigenvalue weighted by atomic mass is 10.2. The molecule has 0 saturated carbocycles. The molecular weight excluding hydrogens is 443 g/mol. The van der Waals surface area contributed by atoms with Crippen LogP contribution in [0.3, 0.4) is 0 Å². The second kappa shape index (κ2) is 10.1. The predicted molar refractivity (Wildman–Crippen MR) is 110 cm³/mol. The van der Waals surface area contributed by atoms with Gasteiger partial charge in [-0.05, 0) is 37.6 Å². The van der Waals surface area contributed by atoms with Crippen molar-refractivity contribution in [3.63, 3.8) is 0 Å². The first-order valence-electron chi connectivity index (χ1n) is 10.3. The van der Waals surface area contributed by atoms with Crippen LogP contribution in [0, 0.1) is 5.21 Å². The van der Waals surface area contributed by atoms with E-state index in [2.05, 4.69) is 4.74 Å². The highest BCUT2D eigenvalue weighted by molar-refractivity contribution is 5.96. The van der Waals surface area contributed by atoms with Gasteiger partial charge in [0.25, 0.3) is 5.91 Å². The number of carbonyl (C=O) groups is 2. The molecule has 0 N–H and O–H groups in total. The van der Waals surface area contributed by atoms with Crippen molar-refractivity contribution in [3.05, 3.63) is 65.1 Å². The molecule has 1 fully saturated rings. The van der Waals surface area contributed by atoms with Gasteiger partial charge < -0.3 is 24.5 Å². The summed E-state index contributed by atoms with van der Waals surface area (Å²) in [5.41, 5.74) is 0.752. The monoisotopic (exact) mass is 467 g/mol. The van der Waals surface area contributed by atoms with E-state index in [1.54, 1.807) is 4.90 Å². The Morgan fingerprint density at radius 1 is 1.21 bits per heavy atom. The zero-order chi connectivity index (χ0) is 24.2. The highest BCUT2D eigenvalue weighted by Crippen LogP contribution is 2.23. The van der Waals surface area contributed by atoms with E-state index in [1.807, 2.05) is 13.8 Å². The fourth-order valence-corrected chi connectivity index (χ4v) is 3.47. The molecule has 0 aliphatic carbocycles. The van der Waals surface area contributed by atoms with Gasteiger partial charge in [0.15, 0.2) is 12.4 Å². The summed E-state index contributed by atoms with van der Waals surface area (Å²) in [6.45, 7) is 3.95. The first-order chi connectivity index (χ1) is 15.5. The Bertz CT molecular complexity index is 982. The van der Waals surface area contributed by atoms with Crippen LogP contribution >= 0.6 is 0 Å². The van der Waals surface area contributed by atoms with Crippen molar-refractivity contribution in [2.75, 3.05) is 19.6 Å². The Morgan fingerprint density at radius 3 is 2.52 bits per heavy atom. The minimum Gasteiger partial charge on any atom is -0.619 e. The lowest BCUT2D eigenvalue weighted by Gasteiger charge is -2.27. The summed E-state index contributed by atoms with van der Waals surface area (Å²) in [7, 11) is 0. The molecule has 2 aromatic rings. The molecule has 0 unspecified atom stereocenters. The number of alkyl halides is 3. The molecule has 3 rings (SSSR count). The smallest absolute Gasteiger partial charge is 0.573 e. The van der Waals surface area contributed by atoms with Crippen molar-refractivity contribution in [1.82, 2.24) is 9.80 Å². The van der Waals surface area contributed by atoms with Gasteiger partial charge in [-0.1, -0.05) is 12.1 Å². The maximum atomic E-state index is 12.9. The Labute approximate surface area is 188 Å². The van der Waals surface area contributed by atoms with Gasteiger partial charge >= 0.3 is 6.36 Å². The Morgan fingerprint density at radius 2 is 1.91 bits per heavy atom. The zero-order valence-electron chi connectivity index (χ0n) is 18.1. The molecule has 1 atom stereocenters. The third-order valence-corrected chi connectivity index (χ3v) is 5.05. The zero-order valence-corrected chi connectivity index (χ0v) is 18.1. The van der Waals surface area contributed by atoms with Gasteiger partial charge in [-0.3, -0.25) is 9.59 Å². The van der Waals surface area contributed by atoms with Crippen molar-refractivity contribution in [3.8, 4) is 5.75 Å². The van der Waals surface area contributed by atoms with Crippen LogP contribution in [0.1, 0.15) is 29.8 Å². The van der Waals surface area contributed by atoms with E-state index in [1.165, 1.54) is 47.5 Å². The van der Waals surface area contributed by atoms with Crippen LogP contribution in [0.25, 0.3) is 0 Å². The normalized spacial score (nSPS) is 17.3. The fraction of sp³-hybridized carbons (Fsp3) is 0.409. The van der Waals surface area contributed by atoms with E-state index in [9.17, 15) is 28.0 Å². The largest absolute Gasteiger partial charge is 0.619 e. The number of rotatable bonds is 6. The molecule has 178 valence electrons. The van der Waals surface area contributed by atoms with E-state index < -0.39 is 18.4 Å². The van der Waals surface area contributed by atoms with Gasteiger partial charge in [-0.15, -0.1) is 13.2 Å². The first kappa shape index (κ1) is 24.3. The number of nitrogens with zero attached hydrogens (tertiary/aromatic N) is 3. The minimum absolute atomic E-state index is 0.0605. The summed E-state index contributed by atoms with van der Waals surface area (Å²) in [5.74, 6) is -1.06. The number of halogens is 3. The van der Waals surface area contributed by atoms with E-state index in [0.29, 0.717) is 10.3 Å². The van der Waals surface area contributed by atoms with E-state index >= 15 is 0 Å². The molecule has 1 aromatic heterocycles. The van der Waals surface area contributed by atoms with Crippen LogP contribution in [0.2, 0.25) is 0 Å². The maximum absolute atomic E-state index is 12.9. The van der Waals surface area contributed by atoms with Gasteiger partial charge in [0.1, 0.15) is 17.9 Å². The number of carbonyl (C=O) groups excluding carboxylic acids is 2. The van der Waals surface area contributed by atoms with Gasteiger partial charge in [0.2, 0.25) is 5.91 Å². The third-order valence-electron chi connectivity index (χ3n) is 5.05. The number of pyridine rings is 1. The Hall–Kier alpha value is -3.34. The lowest BCUT2D eigenvalue weighted by Crippen LogP contribution is -2.42. The second-order valence-electron chi connectivity index (χ2n) is 7.90. The SMILES string of the molecule is CC(C)N1C[C@H](OCc2ccc(OC(F)(F)F)cc2)CN(C(=O)c2ccc[n+]([O-])c2)CC1=O. The molecule has 33 heavy (non-hydrogen) atoms. The maximum Gasteiger partial charge on any atom is 0.573 e. The van der Waals surface area contributed by atoms with Gasteiger partial charge in [-0.25, -0.2) is 0 Å². The first-order valence-corrected chi connectivity index (χ1v) is 10.3. The molecule has 0 bridgehead atoms. The van der Waals surface area contributed by atoms with Gasteiger partial charge in [-0.2, -0.15) is 4.73 Å². The third kappa shape index (κ3) is 6.82. The molecular formula is C22H24F3N3O5. The van der Waals surface area contributed by atoms with Crippen LogP contribution in [-0.4, -0.2) is 59.8 Å². The highest BCUT2D eigenvalue weighted by Gasteiger charge is 2.33. The standard InChI is InChI=1S/C22H24F3N3O5/c1-15(2)28-12-19(32-14-16-5-7-18(8-6-16)33-22(23,24)25)11-26(13-20(28)29)21(30)17-4-3-9-27(31)10-17/h3-10,15,19H,11-14H2,1-2H3/t19-/m1/s1. The van der Waals surface area contributed by atoms with Crippen molar-refractivity contribution in [2.45, 2.75) is 39.0 Å². The number of hydrogen-bond donors (Lipinski definition) is 0. The number of ether oxygens (including phenoxy) is 2. The summed E-state index contributed by atoms with van der Waals surface area (Å²) < 4.78 is 47.3. The summed E-state index contributed by atoms with van der Waals surface area (Å²) in [6, 6.07) is 8.08. The van der Waals surface area contributed by atoms with Crippen LogP contribution in [0.15, 0.2) is 48.8 Å². The summed E-state index contributed by atoms with van der Waals surface area (Å²) in [5, 5.41) is 11.6. The quantitative estimate of drug-likeness (QED) is 0.482. The molecule has 1 aromatic carbocycles. The molecule has 2 amide bonds. The van der Waals surface area contributed by atoms with Crippen LogP contribution in [0.4, 0.5) is 13.2 Å². The Kier molecular flexibility index (Phi) is 7.42. The number of aromatic nitrogens is 1. The average Bonchev–Trinajstić information content (AvgIpc) is 2.90. The predicted octanol–water partition coefficient (Wildman–Crippen LogP) is 2.50. The van der Waals surface area contributed by atoms with E-state index in [0.717, 1.165) is 6.20 Å². The number of hydrogen-bond acceptors (Lipinski definition) is 5.